The topological polar surface area (TPSA) is 36.9 Å². The number of rotatable bonds is 12. The van der Waals surface area contributed by atoms with Crippen molar-refractivity contribution in [3.05, 3.63) is 116 Å². The van der Waals surface area contributed by atoms with Crippen molar-refractivity contribution in [3.63, 3.8) is 0 Å². The maximum atomic E-state index is 6.74. The monoisotopic (exact) mass is 632 g/mol. The molecule has 0 aromatic heterocycles. The van der Waals surface area contributed by atoms with E-state index < -0.39 is 0 Å². The standard InChI is InChI=1S/C43H52O4/c1-7-21-44-39-29-13-11-15-31(39)26-33-17-19-37-35(41(33)46-23-9-3)28-36-38(43(37,5)6)20-18-34(42(36)47-24-10-4)27-32-16-12-14-30(25-29)40(32)45-22-8-2/h11-20H,7-10,21-28H2,1-6H3. The zero-order valence-corrected chi connectivity index (χ0v) is 29.4. The molecule has 0 fully saturated rings. The van der Waals surface area contributed by atoms with Gasteiger partial charge in [-0.25, -0.2) is 0 Å². The van der Waals surface area contributed by atoms with Crippen molar-refractivity contribution in [3.8, 4) is 23.0 Å². The predicted molar refractivity (Wildman–Crippen MR) is 192 cm³/mol. The Labute approximate surface area is 282 Å². The molecule has 0 atom stereocenters. The Balaban J connectivity index is 1.64. The summed E-state index contributed by atoms with van der Waals surface area (Å²) in [5.41, 5.74) is 12.3. The van der Waals surface area contributed by atoms with E-state index in [1.165, 1.54) is 55.6 Å². The van der Waals surface area contributed by atoms with Crippen LogP contribution in [0.25, 0.3) is 0 Å². The highest BCUT2D eigenvalue weighted by atomic mass is 16.5. The van der Waals surface area contributed by atoms with E-state index in [9.17, 15) is 0 Å². The molecule has 4 heteroatoms. The molecule has 0 unspecified atom stereocenters. The van der Waals surface area contributed by atoms with Gasteiger partial charge in [0.1, 0.15) is 23.0 Å². The highest BCUT2D eigenvalue weighted by molar-refractivity contribution is 5.65. The number of fused-ring (bicyclic) bond motifs is 6. The minimum Gasteiger partial charge on any atom is -0.493 e. The van der Waals surface area contributed by atoms with E-state index in [1.807, 2.05) is 0 Å². The molecule has 0 aliphatic heterocycles. The van der Waals surface area contributed by atoms with E-state index in [1.54, 1.807) is 0 Å². The molecule has 0 N–H and O–H groups in total. The highest BCUT2D eigenvalue weighted by Gasteiger charge is 2.37. The molecule has 0 amide bonds. The van der Waals surface area contributed by atoms with Crippen molar-refractivity contribution in [2.75, 3.05) is 26.4 Å². The lowest BCUT2D eigenvalue weighted by atomic mass is 9.67. The molecule has 4 aromatic carbocycles. The summed E-state index contributed by atoms with van der Waals surface area (Å²) in [5, 5.41) is 0. The Kier molecular flexibility index (Phi) is 10.2. The van der Waals surface area contributed by atoms with E-state index in [2.05, 4.69) is 102 Å². The Morgan fingerprint density at radius 3 is 1.09 bits per heavy atom. The number of hydrogen-bond acceptors (Lipinski definition) is 4. The van der Waals surface area contributed by atoms with Crippen molar-refractivity contribution in [2.45, 2.75) is 98.3 Å². The van der Waals surface area contributed by atoms with Gasteiger partial charge in [-0.15, -0.1) is 0 Å². The fraction of sp³-hybridized carbons (Fsp3) is 0.442. The van der Waals surface area contributed by atoms with Gasteiger partial charge in [0.05, 0.1) is 26.4 Å². The first-order chi connectivity index (χ1) is 22.9. The molecule has 2 aliphatic rings. The fourth-order valence-electron chi connectivity index (χ4n) is 7.47. The van der Waals surface area contributed by atoms with E-state index in [0.29, 0.717) is 26.4 Å². The normalized spacial score (nSPS) is 14.3. The number of benzene rings is 4. The first kappa shape index (κ1) is 33.0. The summed E-state index contributed by atoms with van der Waals surface area (Å²) >= 11 is 0. The SMILES string of the molecule is CCCOc1c2cccc1Cc1ccc3c(c1OCCC)Cc1c(ccc(c1OCCC)Cc1cccc(c1OCCC)C2)C3(C)C. The van der Waals surface area contributed by atoms with Gasteiger partial charge in [-0.05, 0) is 70.2 Å². The molecule has 248 valence electrons. The van der Waals surface area contributed by atoms with Gasteiger partial charge < -0.3 is 18.9 Å². The van der Waals surface area contributed by atoms with E-state index in [4.69, 9.17) is 18.9 Å². The van der Waals surface area contributed by atoms with Crippen LogP contribution < -0.4 is 18.9 Å². The van der Waals surface area contributed by atoms with Crippen molar-refractivity contribution in [1.82, 2.24) is 0 Å². The minimum atomic E-state index is -0.204. The Hall–Kier alpha value is -3.92. The third-order valence-corrected chi connectivity index (χ3v) is 9.69. The van der Waals surface area contributed by atoms with Crippen molar-refractivity contribution < 1.29 is 18.9 Å². The molecular formula is C43H52O4. The van der Waals surface area contributed by atoms with Crippen LogP contribution in [0.4, 0.5) is 0 Å². The second-order valence-electron chi connectivity index (χ2n) is 13.7. The Morgan fingerprint density at radius 2 is 0.745 bits per heavy atom. The molecule has 0 spiro atoms. The van der Waals surface area contributed by atoms with E-state index >= 15 is 0 Å². The number of hydrogen-bond donors (Lipinski definition) is 0. The van der Waals surface area contributed by atoms with Crippen LogP contribution in [-0.2, 0) is 31.1 Å². The van der Waals surface area contributed by atoms with Crippen LogP contribution in [0.3, 0.4) is 0 Å². The molecule has 0 saturated carbocycles. The molecule has 0 radical (unpaired) electrons. The first-order valence-corrected chi connectivity index (χ1v) is 17.9. The summed E-state index contributed by atoms with van der Waals surface area (Å²) in [4.78, 5) is 0. The van der Waals surface area contributed by atoms with E-state index in [-0.39, 0.29) is 5.41 Å². The first-order valence-electron chi connectivity index (χ1n) is 17.9. The summed E-state index contributed by atoms with van der Waals surface area (Å²) < 4.78 is 26.7. The summed E-state index contributed by atoms with van der Waals surface area (Å²) in [7, 11) is 0. The van der Waals surface area contributed by atoms with Crippen molar-refractivity contribution in [2.24, 2.45) is 0 Å². The zero-order chi connectivity index (χ0) is 33.0. The summed E-state index contributed by atoms with van der Waals surface area (Å²) in [6.45, 7) is 16.1. The number of para-hydroxylation sites is 2. The Bertz CT molecular complexity index is 1590. The molecule has 8 bridgehead atoms. The van der Waals surface area contributed by atoms with Gasteiger partial charge in [-0.3, -0.25) is 0 Å². The zero-order valence-electron chi connectivity index (χ0n) is 29.4. The van der Waals surface area contributed by atoms with Gasteiger partial charge in [0.15, 0.2) is 0 Å². The third-order valence-electron chi connectivity index (χ3n) is 9.69. The lowest BCUT2D eigenvalue weighted by molar-refractivity contribution is 0.302. The Morgan fingerprint density at radius 1 is 0.426 bits per heavy atom. The minimum absolute atomic E-state index is 0.204. The van der Waals surface area contributed by atoms with Gasteiger partial charge in [0.25, 0.3) is 0 Å². The highest BCUT2D eigenvalue weighted by Crippen LogP contribution is 2.50. The van der Waals surface area contributed by atoms with Crippen LogP contribution >= 0.6 is 0 Å². The molecule has 0 heterocycles. The van der Waals surface area contributed by atoms with Crippen LogP contribution in [0.5, 0.6) is 23.0 Å². The molecule has 2 aliphatic carbocycles. The van der Waals surface area contributed by atoms with Gasteiger partial charge in [-0.1, -0.05) is 102 Å². The van der Waals surface area contributed by atoms with E-state index in [0.717, 1.165) is 74.4 Å². The summed E-state index contributed by atoms with van der Waals surface area (Å²) in [5.74, 6) is 4.06. The molecule has 4 nitrogen and oxygen atoms in total. The maximum absolute atomic E-state index is 6.74. The molecule has 6 rings (SSSR count). The molecule has 0 saturated heterocycles. The quantitative estimate of drug-likeness (QED) is 0.137. The fourth-order valence-corrected chi connectivity index (χ4v) is 7.47. The predicted octanol–water partition coefficient (Wildman–Crippen LogP) is 10.2. The molecule has 47 heavy (non-hydrogen) atoms. The van der Waals surface area contributed by atoms with Crippen molar-refractivity contribution in [1.29, 1.82) is 0 Å². The average molecular weight is 633 g/mol. The van der Waals surface area contributed by atoms with Gasteiger partial charge in [0.2, 0.25) is 0 Å². The van der Waals surface area contributed by atoms with Crippen LogP contribution in [0.2, 0.25) is 0 Å². The van der Waals surface area contributed by atoms with Crippen LogP contribution in [0.15, 0.2) is 60.7 Å². The van der Waals surface area contributed by atoms with Gasteiger partial charge in [0, 0.05) is 42.2 Å². The van der Waals surface area contributed by atoms with Gasteiger partial charge >= 0.3 is 0 Å². The third kappa shape index (κ3) is 6.49. The lowest BCUT2D eigenvalue weighted by Gasteiger charge is -2.38. The van der Waals surface area contributed by atoms with Crippen LogP contribution in [0.1, 0.15) is 123 Å². The molecule has 4 aromatic rings. The molecular weight excluding hydrogens is 580 g/mol. The van der Waals surface area contributed by atoms with Crippen LogP contribution in [-0.4, -0.2) is 26.4 Å². The summed E-state index contributed by atoms with van der Waals surface area (Å²) in [6.07, 6.45) is 6.82. The summed E-state index contributed by atoms with van der Waals surface area (Å²) in [6, 6.07) is 22.6. The largest absolute Gasteiger partial charge is 0.493 e. The van der Waals surface area contributed by atoms with Crippen LogP contribution in [0, 0.1) is 0 Å². The smallest absolute Gasteiger partial charge is 0.126 e. The lowest BCUT2D eigenvalue weighted by Crippen LogP contribution is -2.29. The second kappa shape index (κ2) is 14.5. The second-order valence-corrected chi connectivity index (χ2v) is 13.7. The van der Waals surface area contributed by atoms with Crippen molar-refractivity contribution >= 4 is 0 Å². The van der Waals surface area contributed by atoms with Gasteiger partial charge in [-0.2, -0.15) is 0 Å². The number of ether oxygens (including phenoxy) is 4. The average Bonchev–Trinajstić information content (AvgIpc) is 3.06. The maximum Gasteiger partial charge on any atom is 0.126 e.